The van der Waals surface area contributed by atoms with E-state index in [1.54, 1.807) is 43.3 Å². The third kappa shape index (κ3) is 6.52. The third-order valence-corrected chi connectivity index (χ3v) is 5.94. The zero-order valence-electron chi connectivity index (χ0n) is 21.3. The molecule has 192 valence electrons. The molecule has 3 amide bonds. The fourth-order valence-electron chi connectivity index (χ4n) is 3.74. The Labute approximate surface area is 211 Å². The van der Waals surface area contributed by atoms with Crippen molar-refractivity contribution in [1.82, 2.24) is 14.8 Å². The van der Waals surface area contributed by atoms with Crippen molar-refractivity contribution in [2.75, 3.05) is 32.1 Å². The summed E-state index contributed by atoms with van der Waals surface area (Å²) in [6.45, 7) is 7.87. The number of aliphatic hydroxyl groups excluding tert-OH is 1. The summed E-state index contributed by atoms with van der Waals surface area (Å²) >= 11 is 0. The number of urea groups is 1. The van der Waals surface area contributed by atoms with Crippen LogP contribution < -0.4 is 10.1 Å². The van der Waals surface area contributed by atoms with Crippen molar-refractivity contribution in [1.29, 1.82) is 0 Å². The number of rotatable bonds is 5. The van der Waals surface area contributed by atoms with Gasteiger partial charge in [0, 0.05) is 37.2 Å². The van der Waals surface area contributed by atoms with Gasteiger partial charge in [0.1, 0.15) is 17.5 Å². The van der Waals surface area contributed by atoms with Gasteiger partial charge in [0.05, 0.1) is 24.9 Å². The van der Waals surface area contributed by atoms with Gasteiger partial charge in [0.25, 0.3) is 5.91 Å². The quantitative estimate of drug-likeness (QED) is 0.617. The molecule has 1 aromatic carbocycles. The number of nitrogens with zero attached hydrogens (tertiary/aromatic N) is 3. The molecule has 2 heterocycles. The molecular formula is C27H33FN4O4. The smallest absolute Gasteiger partial charge is 0.321 e. The Morgan fingerprint density at radius 1 is 1.36 bits per heavy atom. The monoisotopic (exact) mass is 496 g/mol. The number of hydrogen-bond donors (Lipinski definition) is 2. The summed E-state index contributed by atoms with van der Waals surface area (Å²) in [6.07, 6.45) is 1.03. The molecule has 0 unspecified atom stereocenters. The fraction of sp³-hybridized carbons (Fsp3) is 0.444. The lowest BCUT2D eigenvalue weighted by Crippen LogP contribution is -2.50. The Morgan fingerprint density at radius 2 is 2.08 bits per heavy atom. The average Bonchev–Trinajstić information content (AvgIpc) is 2.85. The lowest BCUT2D eigenvalue weighted by molar-refractivity contribution is 0.0356. The normalized spacial score (nSPS) is 18.2. The standard InChI is InChI=1S/C27H33FN4O4/c1-17(2)10-11-20-12-21-25(29-13-20)36-24(18(3)14-32(26(21)34)19(4)16-33)15-31(5)27(35)30-23-9-7-6-8-22(23)28/h6-9,12-13,17-19,24,33H,14-16H2,1-5H3,(H,30,35)/t18-,19-,24-/m1/s1. The number of likely N-dealkylation sites (N-methyl/N-ethyl adjacent to an activating group) is 1. The predicted octanol–water partition coefficient (Wildman–Crippen LogP) is 3.61. The minimum Gasteiger partial charge on any atom is -0.472 e. The number of anilines is 1. The Hall–Kier alpha value is -3.64. The van der Waals surface area contributed by atoms with Gasteiger partial charge in [-0.15, -0.1) is 0 Å². The van der Waals surface area contributed by atoms with Crippen LogP contribution in [0.5, 0.6) is 5.88 Å². The second-order valence-electron chi connectivity index (χ2n) is 9.41. The maximum Gasteiger partial charge on any atom is 0.321 e. The zero-order chi connectivity index (χ0) is 26.4. The number of fused-ring (bicyclic) bond motifs is 1. The van der Waals surface area contributed by atoms with Crippen molar-refractivity contribution < 1.29 is 23.8 Å². The molecule has 1 aromatic heterocycles. The first-order valence-corrected chi connectivity index (χ1v) is 12.0. The molecule has 0 saturated heterocycles. The summed E-state index contributed by atoms with van der Waals surface area (Å²) < 4.78 is 20.2. The van der Waals surface area contributed by atoms with Gasteiger partial charge < -0.3 is 25.0 Å². The number of aliphatic hydroxyl groups is 1. The van der Waals surface area contributed by atoms with Gasteiger partial charge in [-0.3, -0.25) is 4.79 Å². The maximum atomic E-state index is 14.0. The SMILES string of the molecule is CC(C)C#Cc1cnc2c(c1)C(=O)N([C@H](C)CO)C[C@@H](C)[C@@H](CN(C)C(=O)Nc1ccccc1F)O2. The van der Waals surface area contributed by atoms with Gasteiger partial charge in [-0.25, -0.2) is 14.2 Å². The first-order valence-electron chi connectivity index (χ1n) is 12.0. The minimum absolute atomic E-state index is 0.0802. The van der Waals surface area contributed by atoms with Gasteiger partial charge in [-0.05, 0) is 25.1 Å². The van der Waals surface area contributed by atoms with Crippen LogP contribution in [0.25, 0.3) is 0 Å². The predicted molar refractivity (Wildman–Crippen MR) is 135 cm³/mol. The molecule has 0 radical (unpaired) electrons. The molecule has 0 spiro atoms. The molecular weight excluding hydrogens is 463 g/mol. The van der Waals surface area contributed by atoms with Crippen molar-refractivity contribution in [3.8, 4) is 17.7 Å². The number of hydrogen-bond acceptors (Lipinski definition) is 5. The summed E-state index contributed by atoms with van der Waals surface area (Å²) in [7, 11) is 1.59. The number of carbonyl (C=O) groups is 2. The number of carbonyl (C=O) groups excluding carboxylic acids is 2. The van der Waals surface area contributed by atoms with E-state index in [1.807, 2.05) is 20.8 Å². The highest BCUT2D eigenvalue weighted by Crippen LogP contribution is 2.27. The first-order chi connectivity index (χ1) is 17.1. The molecule has 2 N–H and O–H groups in total. The lowest BCUT2D eigenvalue weighted by atomic mass is 10.00. The molecule has 1 aliphatic heterocycles. The molecule has 3 rings (SSSR count). The van der Waals surface area contributed by atoms with Crippen LogP contribution in [0.3, 0.4) is 0 Å². The van der Waals surface area contributed by atoms with Gasteiger partial charge in [0.2, 0.25) is 5.88 Å². The van der Waals surface area contributed by atoms with Crippen molar-refractivity contribution in [2.45, 2.75) is 39.8 Å². The molecule has 2 aromatic rings. The minimum atomic E-state index is -0.531. The van der Waals surface area contributed by atoms with E-state index in [2.05, 4.69) is 22.1 Å². The summed E-state index contributed by atoms with van der Waals surface area (Å²) in [5.41, 5.74) is 0.917. The van der Waals surface area contributed by atoms with E-state index in [1.165, 1.54) is 17.0 Å². The molecule has 0 fully saturated rings. The second kappa shape index (κ2) is 11.9. The van der Waals surface area contributed by atoms with Crippen molar-refractivity contribution in [2.24, 2.45) is 11.8 Å². The highest BCUT2D eigenvalue weighted by molar-refractivity contribution is 5.97. The van der Waals surface area contributed by atoms with Crippen molar-refractivity contribution >= 4 is 17.6 Å². The Balaban J connectivity index is 1.89. The molecule has 8 nitrogen and oxygen atoms in total. The van der Waals surface area contributed by atoms with Gasteiger partial charge in [-0.1, -0.05) is 44.7 Å². The number of halogens is 1. The first kappa shape index (κ1) is 27.0. The van der Waals surface area contributed by atoms with Crippen LogP contribution in [0, 0.1) is 29.5 Å². The number of amides is 3. The highest BCUT2D eigenvalue weighted by Gasteiger charge is 2.34. The van der Waals surface area contributed by atoms with Gasteiger partial charge in [-0.2, -0.15) is 0 Å². The summed E-state index contributed by atoms with van der Waals surface area (Å²) in [4.78, 5) is 33.6. The van der Waals surface area contributed by atoms with E-state index in [-0.39, 0.29) is 48.0 Å². The Kier molecular flexibility index (Phi) is 8.88. The maximum absolute atomic E-state index is 14.0. The Morgan fingerprint density at radius 3 is 2.75 bits per heavy atom. The summed E-state index contributed by atoms with van der Waals surface area (Å²) in [5, 5.41) is 12.4. The zero-order valence-corrected chi connectivity index (χ0v) is 21.3. The van der Waals surface area contributed by atoms with Crippen molar-refractivity contribution in [3.05, 3.63) is 53.5 Å². The second-order valence-corrected chi connectivity index (χ2v) is 9.41. The van der Waals surface area contributed by atoms with Crippen LogP contribution in [0.2, 0.25) is 0 Å². The van der Waals surface area contributed by atoms with E-state index in [0.29, 0.717) is 12.1 Å². The van der Waals surface area contributed by atoms with E-state index < -0.39 is 24.0 Å². The van der Waals surface area contributed by atoms with Gasteiger partial charge in [0.15, 0.2) is 0 Å². The number of ether oxygens (including phenoxy) is 1. The molecule has 9 heteroatoms. The van der Waals surface area contributed by atoms with Crippen LogP contribution in [-0.4, -0.2) is 70.7 Å². The van der Waals surface area contributed by atoms with Gasteiger partial charge >= 0.3 is 6.03 Å². The summed E-state index contributed by atoms with van der Waals surface area (Å²) in [5.74, 6) is 5.34. The van der Waals surface area contributed by atoms with Crippen molar-refractivity contribution in [3.63, 3.8) is 0 Å². The molecule has 36 heavy (non-hydrogen) atoms. The van der Waals surface area contributed by atoms with E-state index in [9.17, 15) is 19.1 Å². The Bertz CT molecular complexity index is 1160. The number of benzene rings is 1. The third-order valence-electron chi connectivity index (χ3n) is 5.94. The van der Waals surface area contributed by atoms with Crippen LogP contribution >= 0.6 is 0 Å². The highest BCUT2D eigenvalue weighted by atomic mass is 19.1. The number of para-hydroxylation sites is 1. The number of aromatic nitrogens is 1. The fourth-order valence-corrected chi connectivity index (χ4v) is 3.74. The summed E-state index contributed by atoms with van der Waals surface area (Å²) in [6, 6.07) is 6.65. The molecule has 3 atom stereocenters. The average molecular weight is 497 g/mol. The van der Waals surface area contributed by atoms with E-state index in [4.69, 9.17) is 4.74 Å². The topological polar surface area (TPSA) is 95.0 Å². The van der Waals surface area contributed by atoms with Crippen LogP contribution in [-0.2, 0) is 0 Å². The van der Waals surface area contributed by atoms with Crippen LogP contribution in [0.1, 0.15) is 43.6 Å². The molecule has 1 aliphatic rings. The van der Waals surface area contributed by atoms with Crippen LogP contribution in [0.15, 0.2) is 36.5 Å². The molecule has 0 aliphatic carbocycles. The van der Waals surface area contributed by atoms with E-state index >= 15 is 0 Å². The van der Waals surface area contributed by atoms with Crippen LogP contribution in [0.4, 0.5) is 14.9 Å². The number of nitrogens with one attached hydrogen (secondary N) is 1. The molecule has 0 bridgehead atoms. The lowest BCUT2D eigenvalue weighted by Gasteiger charge is -2.37. The number of pyridine rings is 1. The van der Waals surface area contributed by atoms with E-state index in [0.717, 1.165) is 0 Å². The molecule has 0 saturated carbocycles. The largest absolute Gasteiger partial charge is 0.472 e.